The number of rotatable bonds is 7. The van der Waals surface area contributed by atoms with Crippen LogP contribution in [0.15, 0.2) is 24.3 Å². The van der Waals surface area contributed by atoms with Gasteiger partial charge in [-0.3, -0.25) is 0 Å². The molecule has 1 rings (SSSR count). The van der Waals surface area contributed by atoms with Crippen molar-refractivity contribution in [2.24, 2.45) is 5.92 Å². The summed E-state index contributed by atoms with van der Waals surface area (Å²) in [6.45, 7) is 9.01. The second-order valence-corrected chi connectivity index (χ2v) is 4.69. The Hall–Kier alpha value is -0.820. The van der Waals surface area contributed by atoms with Crippen LogP contribution in [-0.2, 0) is 12.8 Å². The van der Waals surface area contributed by atoms with Gasteiger partial charge in [-0.15, -0.1) is 0 Å². The summed E-state index contributed by atoms with van der Waals surface area (Å²) in [6.07, 6.45) is 3.54. The van der Waals surface area contributed by atoms with Crippen LogP contribution >= 0.6 is 0 Å². The third-order valence-corrected chi connectivity index (χ3v) is 2.90. The number of hydrogen-bond donors (Lipinski definition) is 1. The molecular weight excluding hydrogens is 194 g/mol. The van der Waals surface area contributed by atoms with Crippen LogP contribution in [0.4, 0.5) is 0 Å². The molecule has 90 valence electrons. The fourth-order valence-electron chi connectivity index (χ4n) is 1.98. The van der Waals surface area contributed by atoms with Gasteiger partial charge < -0.3 is 5.32 Å². The highest BCUT2D eigenvalue weighted by molar-refractivity contribution is 5.23. The molecule has 0 amide bonds. The Morgan fingerprint density at radius 2 is 1.94 bits per heavy atom. The zero-order chi connectivity index (χ0) is 11.8. The molecule has 0 bridgehead atoms. The highest BCUT2D eigenvalue weighted by Crippen LogP contribution is 2.11. The fraction of sp³-hybridized carbons (Fsp3) is 0.600. The average Bonchev–Trinajstić information content (AvgIpc) is 2.29. The molecule has 1 atom stereocenters. The van der Waals surface area contributed by atoms with Crippen molar-refractivity contribution in [3.63, 3.8) is 0 Å². The van der Waals surface area contributed by atoms with Crippen LogP contribution in [0.3, 0.4) is 0 Å². The summed E-state index contributed by atoms with van der Waals surface area (Å²) in [4.78, 5) is 0. The lowest BCUT2D eigenvalue weighted by Crippen LogP contribution is -2.23. The lowest BCUT2D eigenvalue weighted by atomic mass is 9.99. The van der Waals surface area contributed by atoms with Gasteiger partial charge in [-0.25, -0.2) is 0 Å². The molecule has 0 aliphatic carbocycles. The van der Waals surface area contributed by atoms with E-state index in [1.165, 1.54) is 24.0 Å². The molecule has 1 unspecified atom stereocenters. The van der Waals surface area contributed by atoms with Crippen molar-refractivity contribution in [2.75, 3.05) is 13.1 Å². The fourth-order valence-corrected chi connectivity index (χ4v) is 1.98. The van der Waals surface area contributed by atoms with Crippen molar-refractivity contribution in [1.29, 1.82) is 0 Å². The summed E-state index contributed by atoms with van der Waals surface area (Å²) in [7, 11) is 0. The van der Waals surface area contributed by atoms with E-state index in [1.54, 1.807) is 0 Å². The maximum Gasteiger partial charge on any atom is -0.00200 e. The smallest absolute Gasteiger partial charge is 0.00200 e. The second-order valence-electron chi connectivity index (χ2n) is 4.69. The quantitative estimate of drug-likeness (QED) is 0.693. The van der Waals surface area contributed by atoms with Crippen LogP contribution in [0.25, 0.3) is 0 Å². The van der Waals surface area contributed by atoms with Crippen LogP contribution in [0.5, 0.6) is 0 Å². The molecule has 1 aromatic carbocycles. The molecule has 0 saturated carbocycles. The van der Waals surface area contributed by atoms with Gasteiger partial charge in [-0.05, 0) is 49.4 Å². The van der Waals surface area contributed by atoms with E-state index < -0.39 is 0 Å². The third-order valence-electron chi connectivity index (χ3n) is 2.90. The standard InChI is InChI=1S/C15H25N/c1-4-9-16-12-13(3)10-15-8-6-7-14(5-2)11-15/h6-8,11,13,16H,4-5,9-10,12H2,1-3H3. The molecule has 0 heterocycles. The molecule has 0 saturated heterocycles. The van der Waals surface area contributed by atoms with Gasteiger partial charge in [0.15, 0.2) is 0 Å². The molecule has 0 spiro atoms. The SMILES string of the molecule is CCCNCC(C)Cc1cccc(CC)c1. The maximum absolute atomic E-state index is 3.48. The molecule has 16 heavy (non-hydrogen) atoms. The van der Waals surface area contributed by atoms with Crippen LogP contribution in [-0.4, -0.2) is 13.1 Å². The molecule has 0 radical (unpaired) electrons. The predicted molar refractivity (Wildman–Crippen MR) is 71.8 cm³/mol. The Morgan fingerprint density at radius 3 is 2.62 bits per heavy atom. The number of aryl methyl sites for hydroxylation is 1. The summed E-state index contributed by atoms with van der Waals surface area (Å²) in [5, 5.41) is 3.48. The predicted octanol–water partition coefficient (Wildman–Crippen LogP) is 3.43. The topological polar surface area (TPSA) is 12.0 Å². The largest absolute Gasteiger partial charge is 0.316 e. The van der Waals surface area contributed by atoms with E-state index in [-0.39, 0.29) is 0 Å². The minimum atomic E-state index is 0.721. The molecule has 0 aliphatic rings. The van der Waals surface area contributed by atoms with Gasteiger partial charge in [0.1, 0.15) is 0 Å². The highest BCUT2D eigenvalue weighted by atomic mass is 14.8. The first-order chi connectivity index (χ1) is 7.76. The number of nitrogens with one attached hydrogen (secondary N) is 1. The summed E-state index contributed by atoms with van der Waals surface area (Å²) in [5.74, 6) is 0.721. The van der Waals surface area contributed by atoms with Crippen molar-refractivity contribution < 1.29 is 0 Å². The zero-order valence-electron chi connectivity index (χ0n) is 10.9. The Balaban J connectivity index is 2.39. The molecule has 1 N–H and O–H groups in total. The third kappa shape index (κ3) is 4.80. The molecule has 1 nitrogen and oxygen atoms in total. The summed E-state index contributed by atoms with van der Waals surface area (Å²) in [6, 6.07) is 8.98. The highest BCUT2D eigenvalue weighted by Gasteiger charge is 2.03. The summed E-state index contributed by atoms with van der Waals surface area (Å²) < 4.78 is 0. The van der Waals surface area contributed by atoms with Crippen LogP contribution < -0.4 is 5.32 Å². The van der Waals surface area contributed by atoms with E-state index in [4.69, 9.17) is 0 Å². The van der Waals surface area contributed by atoms with Gasteiger partial charge in [-0.2, -0.15) is 0 Å². The summed E-state index contributed by atoms with van der Waals surface area (Å²) >= 11 is 0. The normalized spacial score (nSPS) is 12.7. The lowest BCUT2D eigenvalue weighted by Gasteiger charge is -2.12. The van der Waals surface area contributed by atoms with Gasteiger partial charge in [0, 0.05) is 0 Å². The molecule has 0 aromatic heterocycles. The van der Waals surface area contributed by atoms with Crippen molar-refractivity contribution >= 4 is 0 Å². The van der Waals surface area contributed by atoms with E-state index in [1.807, 2.05) is 0 Å². The van der Waals surface area contributed by atoms with Crippen molar-refractivity contribution in [3.05, 3.63) is 35.4 Å². The Morgan fingerprint density at radius 1 is 1.19 bits per heavy atom. The van der Waals surface area contributed by atoms with Crippen molar-refractivity contribution in [3.8, 4) is 0 Å². The van der Waals surface area contributed by atoms with Crippen LogP contribution in [0.1, 0.15) is 38.3 Å². The van der Waals surface area contributed by atoms with Gasteiger partial charge in [-0.1, -0.05) is 45.0 Å². The van der Waals surface area contributed by atoms with Gasteiger partial charge >= 0.3 is 0 Å². The Kier molecular flexibility index (Phi) is 6.17. The van der Waals surface area contributed by atoms with E-state index in [2.05, 4.69) is 50.4 Å². The van der Waals surface area contributed by atoms with Gasteiger partial charge in [0.2, 0.25) is 0 Å². The molecule has 1 aromatic rings. The van der Waals surface area contributed by atoms with E-state index >= 15 is 0 Å². The summed E-state index contributed by atoms with van der Waals surface area (Å²) in [5.41, 5.74) is 2.93. The monoisotopic (exact) mass is 219 g/mol. The van der Waals surface area contributed by atoms with Crippen LogP contribution in [0, 0.1) is 5.92 Å². The van der Waals surface area contributed by atoms with Crippen LogP contribution in [0.2, 0.25) is 0 Å². The van der Waals surface area contributed by atoms with E-state index in [9.17, 15) is 0 Å². The van der Waals surface area contributed by atoms with E-state index in [0.29, 0.717) is 0 Å². The maximum atomic E-state index is 3.48. The van der Waals surface area contributed by atoms with Crippen molar-refractivity contribution in [2.45, 2.75) is 40.0 Å². The first-order valence-electron chi connectivity index (χ1n) is 6.54. The molecule has 1 heteroatoms. The molecule has 0 aliphatic heterocycles. The minimum absolute atomic E-state index is 0.721. The Bertz CT molecular complexity index is 293. The number of benzene rings is 1. The second kappa shape index (κ2) is 7.45. The van der Waals surface area contributed by atoms with Gasteiger partial charge in [0.25, 0.3) is 0 Å². The lowest BCUT2D eigenvalue weighted by molar-refractivity contribution is 0.510. The molecular formula is C15H25N. The van der Waals surface area contributed by atoms with Crippen molar-refractivity contribution in [1.82, 2.24) is 5.32 Å². The Labute approximate surface area is 100 Å². The number of hydrogen-bond acceptors (Lipinski definition) is 1. The van der Waals surface area contributed by atoms with E-state index in [0.717, 1.165) is 25.4 Å². The minimum Gasteiger partial charge on any atom is -0.316 e. The average molecular weight is 219 g/mol. The first kappa shape index (κ1) is 13.2. The zero-order valence-corrected chi connectivity index (χ0v) is 10.9. The molecule has 0 fully saturated rings. The van der Waals surface area contributed by atoms with Gasteiger partial charge in [0.05, 0.1) is 0 Å². The first-order valence-corrected chi connectivity index (χ1v) is 6.54.